The van der Waals surface area contributed by atoms with Gasteiger partial charge in [0.1, 0.15) is 0 Å². The molecule has 3 unspecified atom stereocenters. The molecule has 1 amide bonds. The smallest absolute Gasteiger partial charge is 0.314 e. The molecular formula is C21H30N2O3. The fourth-order valence-corrected chi connectivity index (χ4v) is 4.63. The summed E-state index contributed by atoms with van der Waals surface area (Å²) in [6.45, 7) is 2.27. The maximum atomic E-state index is 12.7. The van der Waals surface area contributed by atoms with Crippen LogP contribution in [0.1, 0.15) is 49.1 Å². The van der Waals surface area contributed by atoms with Gasteiger partial charge in [-0.05, 0) is 50.0 Å². The maximum absolute atomic E-state index is 12.7. The minimum absolute atomic E-state index is 0.0152. The third-order valence-corrected chi connectivity index (χ3v) is 6.23. The number of nitrogens with two attached hydrogens (primary N) is 1. The monoisotopic (exact) mass is 358 g/mol. The van der Waals surface area contributed by atoms with Crippen LogP contribution >= 0.6 is 0 Å². The summed E-state index contributed by atoms with van der Waals surface area (Å²) in [6.07, 6.45) is 5.24. The van der Waals surface area contributed by atoms with Gasteiger partial charge in [0.05, 0.1) is 13.0 Å². The van der Waals surface area contributed by atoms with E-state index in [1.165, 1.54) is 13.5 Å². The number of carbonyl (C=O) groups excluding carboxylic acids is 2. The number of esters is 1. The molecule has 26 heavy (non-hydrogen) atoms. The first-order valence-corrected chi connectivity index (χ1v) is 9.67. The largest absolute Gasteiger partial charge is 0.468 e. The van der Waals surface area contributed by atoms with Crippen molar-refractivity contribution in [1.29, 1.82) is 0 Å². The molecule has 0 aromatic heterocycles. The van der Waals surface area contributed by atoms with Crippen molar-refractivity contribution in [2.24, 2.45) is 23.5 Å². The van der Waals surface area contributed by atoms with Crippen molar-refractivity contribution in [3.05, 3.63) is 35.4 Å². The summed E-state index contributed by atoms with van der Waals surface area (Å²) in [5.41, 5.74) is 8.32. The normalized spacial score (nSPS) is 28.9. The highest BCUT2D eigenvalue weighted by molar-refractivity contribution is 5.82. The van der Waals surface area contributed by atoms with Crippen molar-refractivity contribution >= 4 is 11.9 Å². The zero-order valence-corrected chi connectivity index (χ0v) is 15.7. The molecule has 0 spiro atoms. The summed E-state index contributed by atoms with van der Waals surface area (Å²) in [5, 5.41) is 3.00. The van der Waals surface area contributed by atoms with Crippen molar-refractivity contribution in [3.8, 4) is 0 Å². The van der Waals surface area contributed by atoms with Crippen LogP contribution in [0, 0.1) is 24.7 Å². The number of hydrogen-bond acceptors (Lipinski definition) is 4. The van der Waals surface area contributed by atoms with E-state index in [-0.39, 0.29) is 30.4 Å². The zero-order valence-electron chi connectivity index (χ0n) is 15.7. The van der Waals surface area contributed by atoms with Crippen LogP contribution in [0.2, 0.25) is 0 Å². The third-order valence-electron chi connectivity index (χ3n) is 6.23. The van der Waals surface area contributed by atoms with E-state index in [4.69, 9.17) is 10.5 Å². The second kappa shape index (κ2) is 8.21. The van der Waals surface area contributed by atoms with E-state index in [0.29, 0.717) is 11.8 Å². The number of aryl methyl sites for hydroxylation is 1. The quantitative estimate of drug-likeness (QED) is 0.793. The van der Waals surface area contributed by atoms with Crippen molar-refractivity contribution in [1.82, 2.24) is 5.32 Å². The summed E-state index contributed by atoms with van der Waals surface area (Å²) in [4.78, 5) is 24.9. The Balaban J connectivity index is 1.62. The van der Waals surface area contributed by atoms with Gasteiger partial charge in [0, 0.05) is 18.5 Å². The molecule has 142 valence electrons. The first-order valence-electron chi connectivity index (χ1n) is 9.67. The lowest BCUT2D eigenvalue weighted by Gasteiger charge is -2.43. The predicted molar refractivity (Wildman–Crippen MR) is 100 cm³/mol. The summed E-state index contributed by atoms with van der Waals surface area (Å²) >= 11 is 0. The highest BCUT2D eigenvalue weighted by atomic mass is 16.5. The van der Waals surface area contributed by atoms with Gasteiger partial charge in [-0.3, -0.25) is 9.59 Å². The van der Waals surface area contributed by atoms with E-state index in [0.717, 1.165) is 36.8 Å². The lowest BCUT2D eigenvalue weighted by atomic mass is 9.65. The molecule has 3 N–H and O–H groups in total. The standard InChI is InChI=1S/C21H30N2O3/c1-13-6-8-14(9-7-13)18(21(25)26-2)12-23-20(24)17-10-15-4-3-5-16(11-17)19(15)22/h6-9,15-19H,3-5,10-12,22H2,1-2H3,(H,23,24). The Morgan fingerprint density at radius 2 is 1.81 bits per heavy atom. The fourth-order valence-electron chi connectivity index (χ4n) is 4.63. The minimum Gasteiger partial charge on any atom is -0.468 e. The van der Waals surface area contributed by atoms with Gasteiger partial charge in [0.15, 0.2) is 0 Å². The molecule has 0 heterocycles. The summed E-state index contributed by atoms with van der Waals surface area (Å²) in [6, 6.07) is 8.04. The zero-order chi connectivity index (χ0) is 18.7. The van der Waals surface area contributed by atoms with Crippen molar-refractivity contribution in [2.75, 3.05) is 13.7 Å². The van der Waals surface area contributed by atoms with Crippen LogP contribution in [0.25, 0.3) is 0 Å². The first kappa shape index (κ1) is 18.9. The second-order valence-electron chi connectivity index (χ2n) is 7.93. The molecule has 3 atom stereocenters. The molecule has 5 nitrogen and oxygen atoms in total. The number of nitrogens with one attached hydrogen (secondary N) is 1. The van der Waals surface area contributed by atoms with Gasteiger partial charge in [0.25, 0.3) is 0 Å². The molecule has 5 heteroatoms. The summed E-state index contributed by atoms with van der Waals surface area (Å²) in [7, 11) is 1.38. The van der Waals surface area contributed by atoms with Crippen LogP contribution < -0.4 is 11.1 Å². The first-order chi connectivity index (χ1) is 12.5. The average Bonchev–Trinajstić information content (AvgIpc) is 2.62. The van der Waals surface area contributed by atoms with Crippen LogP contribution in [0.4, 0.5) is 0 Å². The highest BCUT2D eigenvalue weighted by Crippen LogP contribution is 2.41. The lowest BCUT2D eigenvalue weighted by molar-refractivity contribution is -0.142. The SMILES string of the molecule is COC(=O)C(CNC(=O)C1CC2CCCC(C1)C2N)c1ccc(C)cc1. The molecule has 0 aliphatic heterocycles. The van der Waals surface area contributed by atoms with E-state index in [2.05, 4.69) is 5.32 Å². The molecule has 0 saturated heterocycles. The van der Waals surface area contributed by atoms with Crippen LogP contribution in [0.15, 0.2) is 24.3 Å². The predicted octanol–water partition coefficient (Wildman–Crippen LogP) is 2.52. The number of fused-ring (bicyclic) bond motifs is 2. The van der Waals surface area contributed by atoms with E-state index < -0.39 is 5.92 Å². The van der Waals surface area contributed by atoms with Crippen LogP contribution in [0.5, 0.6) is 0 Å². The Hall–Kier alpha value is -1.88. The Bertz CT molecular complexity index is 629. The van der Waals surface area contributed by atoms with E-state index in [1.807, 2.05) is 31.2 Å². The molecule has 2 fully saturated rings. The van der Waals surface area contributed by atoms with Crippen LogP contribution in [0.3, 0.4) is 0 Å². The summed E-state index contributed by atoms with van der Waals surface area (Å²) in [5.74, 6) is 0.196. The minimum atomic E-state index is -0.477. The van der Waals surface area contributed by atoms with Gasteiger partial charge in [-0.1, -0.05) is 36.2 Å². The number of ether oxygens (including phenoxy) is 1. The van der Waals surface area contributed by atoms with E-state index >= 15 is 0 Å². The molecule has 1 aromatic carbocycles. The van der Waals surface area contributed by atoms with Crippen LogP contribution in [-0.4, -0.2) is 31.6 Å². The number of benzene rings is 1. The summed E-state index contributed by atoms with van der Waals surface area (Å²) < 4.78 is 4.94. The molecule has 2 aliphatic rings. The number of rotatable bonds is 5. The number of methoxy groups -OCH3 is 1. The maximum Gasteiger partial charge on any atom is 0.314 e. The fraction of sp³-hybridized carbons (Fsp3) is 0.619. The van der Waals surface area contributed by atoms with Gasteiger partial charge >= 0.3 is 5.97 Å². The van der Waals surface area contributed by atoms with Gasteiger partial charge < -0.3 is 15.8 Å². The van der Waals surface area contributed by atoms with Crippen molar-refractivity contribution in [3.63, 3.8) is 0 Å². The van der Waals surface area contributed by atoms with E-state index in [1.54, 1.807) is 0 Å². The van der Waals surface area contributed by atoms with Gasteiger partial charge in [-0.2, -0.15) is 0 Å². The molecule has 1 aromatic rings. The van der Waals surface area contributed by atoms with Gasteiger partial charge in [-0.25, -0.2) is 0 Å². The van der Waals surface area contributed by atoms with Gasteiger partial charge in [-0.15, -0.1) is 0 Å². The Kier molecular flexibility index (Phi) is 5.97. The lowest BCUT2D eigenvalue weighted by Crippen LogP contribution is -2.49. The Morgan fingerprint density at radius 3 is 2.38 bits per heavy atom. The Morgan fingerprint density at radius 1 is 1.19 bits per heavy atom. The number of hydrogen-bond donors (Lipinski definition) is 2. The van der Waals surface area contributed by atoms with Crippen molar-refractivity contribution in [2.45, 2.75) is 51.0 Å². The van der Waals surface area contributed by atoms with E-state index in [9.17, 15) is 9.59 Å². The molecule has 2 aliphatic carbocycles. The van der Waals surface area contributed by atoms with Crippen LogP contribution in [-0.2, 0) is 14.3 Å². The molecule has 2 bridgehead atoms. The van der Waals surface area contributed by atoms with Crippen molar-refractivity contribution < 1.29 is 14.3 Å². The molecule has 2 saturated carbocycles. The topological polar surface area (TPSA) is 81.4 Å². The highest BCUT2D eigenvalue weighted by Gasteiger charge is 2.40. The molecular weight excluding hydrogens is 328 g/mol. The average molecular weight is 358 g/mol. The number of amides is 1. The molecule has 0 radical (unpaired) electrons. The molecule has 3 rings (SSSR count). The third kappa shape index (κ3) is 4.09. The van der Waals surface area contributed by atoms with Gasteiger partial charge in [0.2, 0.25) is 5.91 Å². The Labute approximate surface area is 155 Å². The number of carbonyl (C=O) groups is 2. The second-order valence-corrected chi connectivity index (χ2v) is 7.93.